The number of aromatic nitrogens is 2. The summed E-state index contributed by atoms with van der Waals surface area (Å²) in [6.07, 6.45) is 6.83. The fourth-order valence-corrected chi connectivity index (χ4v) is 1.35. The molecule has 0 N–H and O–H groups in total. The molecule has 0 unspecified atom stereocenters. The Labute approximate surface area is 86.9 Å². The maximum absolute atomic E-state index is 9.98. The van der Waals surface area contributed by atoms with Gasteiger partial charge in [0.15, 0.2) is 0 Å². The minimum absolute atomic E-state index is 0.367. The molecule has 2 rings (SSSR count). The van der Waals surface area contributed by atoms with Crippen LogP contribution in [0.4, 0.5) is 0 Å². The standard InChI is InChI=1S/C11H9N3O/c15-9-13-7-10-2-1-3-11(6-10)14-5-4-12-8-14/h1-6,8H,7H2. The second kappa shape index (κ2) is 4.35. The zero-order chi connectivity index (χ0) is 10.5. The van der Waals surface area contributed by atoms with E-state index in [2.05, 4.69) is 9.98 Å². The van der Waals surface area contributed by atoms with Gasteiger partial charge in [-0.1, -0.05) is 12.1 Å². The van der Waals surface area contributed by atoms with Gasteiger partial charge in [-0.25, -0.2) is 14.8 Å². The highest BCUT2D eigenvalue weighted by Crippen LogP contribution is 2.10. The van der Waals surface area contributed by atoms with Crippen LogP contribution < -0.4 is 0 Å². The highest BCUT2D eigenvalue weighted by Gasteiger charge is 1.96. The Hall–Kier alpha value is -2.19. The number of aliphatic imine (C=N–C) groups is 1. The zero-order valence-corrected chi connectivity index (χ0v) is 8.00. The molecule has 0 saturated heterocycles. The lowest BCUT2D eigenvalue weighted by atomic mass is 10.2. The van der Waals surface area contributed by atoms with Crippen molar-refractivity contribution in [3.63, 3.8) is 0 Å². The van der Waals surface area contributed by atoms with Crippen molar-refractivity contribution < 1.29 is 4.79 Å². The van der Waals surface area contributed by atoms with E-state index in [1.165, 1.54) is 6.08 Å². The maximum atomic E-state index is 9.98. The van der Waals surface area contributed by atoms with Crippen molar-refractivity contribution in [1.82, 2.24) is 9.55 Å². The summed E-state index contributed by atoms with van der Waals surface area (Å²) in [7, 11) is 0. The molecule has 0 saturated carbocycles. The lowest BCUT2D eigenvalue weighted by Gasteiger charge is -2.03. The first-order chi connectivity index (χ1) is 7.40. The van der Waals surface area contributed by atoms with E-state index in [4.69, 9.17) is 0 Å². The van der Waals surface area contributed by atoms with E-state index in [0.717, 1.165) is 11.3 Å². The average molecular weight is 199 g/mol. The molecule has 0 atom stereocenters. The first kappa shape index (κ1) is 9.37. The highest BCUT2D eigenvalue weighted by molar-refractivity contribution is 5.37. The number of carbonyl (C=O) groups excluding carboxylic acids is 1. The van der Waals surface area contributed by atoms with Gasteiger partial charge in [0.05, 0.1) is 12.9 Å². The van der Waals surface area contributed by atoms with Gasteiger partial charge in [0.1, 0.15) is 0 Å². The predicted octanol–water partition coefficient (Wildman–Crippen LogP) is 1.71. The van der Waals surface area contributed by atoms with Gasteiger partial charge in [-0.2, -0.15) is 0 Å². The van der Waals surface area contributed by atoms with Crippen molar-refractivity contribution >= 4 is 6.08 Å². The fraction of sp³-hybridized carbons (Fsp3) is 0.0909. The molecule has 0 amide bonds. The monoisotopic (exact) mass is 199 g/mol. The topological polar surface area (TPSA) is 47.2 Å². The number of nitrogens with zero attached hydrogens (tertiary/aromatic N) is 3. The Balaban J connectivity index is 2.30. The quantitative estimate of drug-likeness (QED) is 0.558. The molecule has 1 aromatic carbocycles. The van der Waals surface area contributed by atoms with E-state index in [0.29, 0.717) is 6.54 Å². The van der Waals surface area contributed by atoms with Crippen LogP contribution in [0, 0.1) is 0 Å². The average Bonchev–Trinajstić information content (AvgIpc) is 2.80. The third-order valence-electron chi connectivity index (χ3n) is 2.04. The van der Waals surface area contributed by atoms with Crippen LogP contribution >= 0.6 is 0 Å². The Kier molecular flexibility index (Phi) is 2.72. The van der Waals surface area contributed by atoms with Gasteiger partial charge >= 0.3 is 0 Å². The third-order valence-corrected chi connectivity index (χ3v) is 2.04. The predicted molar refractivity (Wildman–Crippen MR) is 55.4 cm³/mol. The lowest BCUT2D eigenvalue weighted by molar-refractivity contribution is 0.563. The molecule has 0 aliphatic heterocycles. The number of isocyanates is 1. The van der Waals surface area contributed by atoms with E-state index >= 15 is 0 Å². The highest BCUT2D eigenvalue weighted by atomic mass is 16.1. The van der Waals surface area contributed by atoms with Crippen LogP contribution in [0.5, 0.6) is 0 Å². The molecule has 2 aromatic rings. The van der Waals surface area contributed by atoms with Gasteiger partial charge < -0.3 is 4.57 Å². The summed E-state index contributed by atoms with van der Waals surface area (Å²) >= 11 is 0. The molecule has 1 aromatic heterocycles. The van der Waals surface area contributed by atoms with Gasteiger partial charge in [-0.3, -0.25) is 0 Å². The molecule has 4 nitrogen and oxygen atoms in total. The zero-order valence-electron chi connectivity index (χ0n) is 8.00. The summed E-state index contributed by atoms with van der Waals surface area (Å²) in [6, 6.07) is 7.77. The summed E-state index contributed by atoms with van der Waals surface area (Å²) < 4.78 is 1.90. The van der Waals surface area contributed by atoms with Crippen LogP contribution in [0.15, 0.2) is 48.0 Å². The molecule has 0 aliphatic rings. The van der Waals surface area contributed by atoms with Crippen molar-refractivity contribution in [2.75, 3.05) is 0 Å². The van der Waals surface area contributed by atoms with E-state index in [1.807, 2.05) is 35.0 Å². The van der Waals surface area contributed by atoms with Crippen LogP contribution in [0.2, 0.25) is 0 Å². The molecular formula is C11H9N3O. The molecule has 0 radical (unpaired) electrons. The lowest BCUT2D eigenvalue weighted by Crippen LogP contribution is -1.91. The third kappa shape index (κ3) is 2.18. The molecular weight excluding hydrogens is 190 g/mol. The molecule has 74 valence electrons. The number of rotatable bonds is 3. The number of benzene rings is 1. The van der Waals surface area contributed by atoms with Crippen LogP contribution in [-0.2, 0) is 11.3 Å². The van der Waals surface area contributed by atoms with Crippen LogP contribution in [0.25, 0.3) is 5.69 Å². The van der Waals surface area contributed by atoms with Crippen LogP contribution in [0.1, 0.15) is 5.56 Å². The van der Waals surface area contributed by atoms with Crippen LogP contribution in [0.3, 0.4) is 0 Å². The number of imidazole rings is 1. The summed E-state index contributed by atoms with van der Waals surface area (Å²) in [4.78, 5) is 17.5. The largest absolute Gasteiger partial charge is 0.306 e. The number of hydrogen-bond donors (Lipinski definition) is 0. The van der Waals surface area contributed by atoms with Gasteiger partial charge in [-0.05, 0) is 17.7 Å². The minimum atomic E-state index is 0.367. The van der Waals surface area contributed by atoms with Gasteiger partial charge in [0.2, 0.25) is 6.08 Å². The molecule has 0 aliphatic carbocycles. The smallest absolute Gasteiger partial charge is 0.235 e. The van der Waals surface area contributed by atoms with Crippen molar-refractivity contribution in [2.45, 2.75) is 6.54 Å². The molecule has 0 fully saturated rings. The van der Waals surface area contributed by atoms with Crippen molar-refractivity contribution in [1.29, 1.82) is 0 Å². The van der Waals surface area contributed by atoms with Crippen molar-refractivity contribution in [3.8, 4) is 5.69 Å². The maximum Gasteiger partial charge on any atom is 0.235 e. The Morgan fingerprint density at radius 2 is 2.40 bits per heavy atom. The van der Waals surface area contributed by atoms with E-state index in [9.17, 15) is 4.79 Å². The minimum Gasteiger partial charge on any atom is -0.306 e. The van der Waals surface area contributed by atoms with Gasteiger partial charge in [-0.15, -0.1) is 0 Å². The Morgan fingerprint density at radius 1 is 1.47 bits per heavy atom. The van der Waals surface area contributed by atoms with E-state index in [1.54, 1.807) is 12.5 Å². The molecule has 1 heterocycles. The molecule has 0 spiro atoms. The first-order valence-corrected chi connectivity index (χ1v) is 4.51. The number of hydrogen-bond acceptors (Lipinski definition) is 3. The van der Waals surface area contributed by atoms with Crippen LogP contribution in [-0.4, -0.2) is 15.6 Å². The van der Waals surface area contributed by atoms with Gasteiger partial charge in [0, 0.05) is 18.1 Å². The van der Waals surface area contributed by atoms with E-state index in [-0.39, 0.29) is 0 Å². The van der Waals surface area contributed by atoms with Gasteiger partial charge in [0.25, 0.3) is 0 Å². The second-order valence-corrected chi connectivity index (χ2v) is 3.05. The van der Waals surface area contributed by atoms with E-state index < -0.39 is 0 Å². The summed E-state index contributed by atoms with van der Waals surface area (Å²) in [5.74, 6) is 0. The SMILES string of the molecule is O=C=NCc1cccc(-n2ccnc2)c1. The normalized spacial score (nSPS) is 9.60. The first-order valence-electron chi connectivity index (χ1n) is 4.51. The summed E-state index contributed by atoms with van der Waals surface area (Å²) in [5.41, 5.74) is 1.98. The Morgan fingerprint density at radius 3 is 3.13 bits per heavy atom. The Bertz CT molecular complexity index is 484. The molecule has 0 bridgehead atoms. The fourth-order valence-electron chi connectivity index (χ4n) is 1.35. The summed E-state index contributed by atoms with van der Waals surface area (Å²) in [5, 5.41) is 0. The van der Waals surface area contributed by atoms with Crippen molar-refractivity contribution in [2.24, 2.45) is 4.99 Å². The summed E-state index contributed by atoms with van der Waals surface area (Å²) in [6.45, 7) is 0.367. The second-order valence-electron chi connectivity index (χ2n) is 3.05. The molecule has 4 heteroatoms. The molecule has 15 heavy (non-hydrogen) atoms. The van der Waals surface area contributed by atoms with Crippen molar-refractivity contribution in [3.05, 3.63) is 48.5 Å².